The van der Waals surface area contributed by atoms with Gasteiger partial charge in [-0.05, 0) is 20.8 Å². The molecule has 0 spiro atoms. The van der Waals surface area contributed by atoms with Crippen LogP contribution >= 0.6 is 0 Å². The van der Waals surface area contributed by atoms with Gasteiger partial charge in [-0.15, -0.1) is 0 Å². The second-order valence-corrected chi connectivity index (χ2v) is 3.93. The van der Waals surface area contributed by atoms with Crippen LogP contribution in [-0.2, 0) is 4.79 Å². The van der Waals surface area contributed by atoms with E-state index in [0.717, 1.165) is 6.54 Å². The normalized spacial score (nSPS) is 10.9. The Morgan fingerprint density at radius 1 is 1.44 bits per heavy atom. The lowest BCUT2D eigenvalue weighted by molar-refractivity contribution is -0.121. The van der Waals surface area contributed by atoms with Crippen molar-refractivity contribution in [3.63, 3.8) is 0 Å². The van der Waals surface area contributed by atoms with Gasteiger partial charge in [-0.25, -0.2) is 4.98 Å². The van der Waals surface area contributed by atoms with Crippen molar-refractivity contribution in [3.05, 3.63) is 12.4 Å². The van der Waals surface area contributed by atoms with E-state index in [2.05, 4.69) is 20.6 Å². The van der Waals surface area contributed by atoms with Gasteiger partial charge in [0.1, 0.15) is 17.2 Å². The van der Waals surface area contributed by atoms with Crippen LogP contribution in [0.5, 0.6) is 0 Å². The Balaban J connectivity index is 2.81. The Labute approximate surface area is 94.7 Å². The van der Waals surface area contributed by atoms with Crippen LogP contribution in [0.25, 0.3) is 0 Å². The molecule has 0 atom stereocenters. The van der Waals surface area contributed by atoms with Crippen molar-refractivity contribution in [1.29, 1.82) is 0 Å². The summed E-state index contributed by atoms with van der Waals surface area (Å²) in [7, 11) is 0. The molecule has 1 amide bonds. The van der Waals surface area contributed by atoms with E-state index in [1.165, 1.54) is 0 Å². The van der Waals surface area contributed by atoms with E-state index in [1.54, 1.807) is 26.2 Å². The number of carbonyl (C=O) groups is 1. The third-order valence-electron chi connectivity index (χ3n) is 2.05. The highest BCUT2D eigenvalue weighted by Gasteiger charge is 2.24. The van der Waals surface area contributed by atoms with Gasteiger partial charge in [-0.2, -0.15) is 0 Å². The zero-order valence-corrected chi connectivity index (χ0v) is 9.74. The summed E-state index contributed by atoms with van der Waals surface area (Å²) in [5, 5.41) is 5.96. The molecule has 6 nitrogen and oxygen atoms in total. The topological polar surface area (TPSA) is 92.9 Å². The molecular formula is C10H17N5O. The number of anilines is 2. The number of aromatic nitrogens is 2. The number of nitrogens with one attached hydrogen (secondary N) is 2. The summed E-state index contributed by atoms with van der Waals surface area (Å²) >= 11 is 0. The second kappa shape index (κ2) is 4.78. The maximum atomic E-state index is 11.1. The molecule has 0 aliphatic carbocycles. The quantitative estimate of drug-likeness (QED) is 0.679. The SMILES string of the molecule is CCNc1cncc(NC(C)(C)C(N)=O)n1. The van der Waals surface area contributed by atoms with E-state index in [1.807, 2.05) is 6.92 Å². The molecular weight excluding hydrogens is 206 g/mol. The van der Waals surface area contributed by atoms with Gasteiger partial charge in [0.15, 0.2) is 0 Å². The van der Waals surface area contributed by atoms with Crippen LogP contribution in [0.2, 0.25) is 0 Å². The van der Waals surface area contributed by atoms with Crippen LogP contribution in [0.15, 0.2) is 12.4 Å². The largest absolute Gasteiger partial charge is 0.369 e. The Hall–Kier alpha value is -1.85. The number of primary amides is 1. The van der Waals surface area contributed by atoms with Crippen molar-refractivity contribution in [2.75, 3.05) is 17.2 Å². The summed E-state index contributed by atoms with van der Waals surface area (Å²) in [5.41, 5.74) is 4.40. The monoisotopic (exact) mass is 223 g/mol. The minimum Gasteiger partial charge on any atom is -0.369 e. The first-order chi connectivity index (χ1) is 7.45. The minimum absolute atomic E-state index is 0.442. The predicted octanol–water partition coefficient (Wildman–Crippen LogP) is 0.584. The smallest absolute Gasteiger partial charge is 0.242 e. The van der Waals surface area contributed by atoms with Gasteiger partial charge in [-0.1, -0.05) is 0 Å². The van der Waals surface area contributed by atoms with E-state index in [9.17, 15) is 4.79 Å². The summed E-state index contributed by atoms with van der Waals surface area (Å²) in [5.74, 6) is 0.734. The molecule has 0 aliphatic heterocycles. The first-order valence-electron chi connectivity index (χ1n) is 5.09. The number of nitrogens with zero attached hydrogens (tertiary/aromatic N) is 2. The van der Waals surface area contributed by atoms with E-state index in [-0.39, 0.29) is 0 Å². The van der Waals surface area contributed by atoms with E-state index >= 15 is 0 Å². The molecule has 0 saturated carbocycles. The molecule has 88 valence electrons. The van der Waals surface area contributed by atoms with Gasteiger partial charge >= 0.3 is 0 Å². The fourth-order valence-electron chi connectivity index (χ4n) is 1.07. The van der Waals surface area contributed by atoms with Crippen molar-refractivity contribution in [2.24, 2.45) is 5.73 Å². The summed E-state index contributed by atoms with van der Waals surface area (Å²) in [6.07, 6.45) is 3.16. The molecule has 1 rings (SSSR count). The summed E-state index contributed by atoms with van der Waals surface area (Å²) in [6.45, 7) is 6.11. The zero-order valence-electron chi connectivity index (χ0n) is 9.74. The summed E-state index contributed by atoms with van der Waals surface area (Å²) < 4.78 is 0. The molecule has 0 aliphatic rings. The zero-order chi connectivity index (χ0) is 12.2. The lowest BCUT2D eigenvalue weighted by Gasteiger charge is -2.22. The van der Waals surface area contributed by atoms with Crippen molar-refractivity contribution >= 4 is 17.5 Å². The number of hydrogen-bond donors (Lipinski definition) is 3. The summed E-state index contributed by atoms with van der Waals surface area (Å²) in [4.78, 5) is 19.4. The molecule has 16 heavy (non-hydrogen) atoms. The van der Waals surface area contributed by atoms with Gasteiger partial charge in [-0.3, -0.25) is 9.78 Å². The first-order valence-corrected chi connectivity index (χ1v) is 5.09. The summed E-state index contributed by atoms with van der Waals surface area (Å²) in [6, 6.07) is 0. The second-order valence-electron chi connectivity index (χ2n) is 3.93. The molecule has 0 saturated heterocycles. The van der Waals surface area contributed by atoms with Crippen molar-refractivity contribution in [3.8, 4) is 0 Å². The van der Waals surface area contributed by atoms with Gasteiger partial charge in [0, 0.05) is 6.54 Å². The average molecular weight is 223 g/mol. The highest BCUT2D eigenvalue weighted by atomic mass is 16.1. The Morgan fingerprint density at radius 2 is 2.06 bits per heavy atom. The molecule has 0 radical (unpaired) electrons. The van der Waals surface area contributed by atoms with Crippen molar-refractivity contribution in [1.82, 2.24) is 9.97 Å². The molecule has 1 aromatic heterocycles. The van der Waals surface area contributed by atoms with Gasteiger partial charge in [0.25, 0.3) is 0 Å². The average Bonchev–Trinajstić information content (AvgIpc) is 2.17. The Bertz CT molecular complexity index is 377. The fraction of sp³-hybridized carbons (Fsp3) is 0.500. The Morgan fingerprint density at radius 3 is 2.62 bits per heavy atom. The highest BCUT2D eigenvalue weighted by Crippen LogP contribution is 2.13. The molecule has 0 aromatic carbocycles. The molecule has 1 heterocycles. The lowest BCUT2D eigenvalue weighted by atomic mass is 10.1. The maximum absolute atomic E-state index is 11.1. The third-order valence-corrected chi connectivity index (χ3v) is 2.05. The van der Waals surface area contributed by atoms with E-state index in [4.69, 9.17) is 5.73 Å². The number of hydrogen-bond acceptors (Lipinski definition) is 5. The highest BCUT2D eigenvalue weighted by molar-refractivity contribution is 5.86. The minimum atomic E-state index is -0.848. The number of amides is 1. The molecule has 4 N–H and O–H groups in total. The van der Waals surface area contributed by atoms with E-state index < -0.39 is 11.4 Å². The number of nitrogens with two attached hydrogens (primary N) is 1. The van der Waals surface area contributed by atoms with E-state index in [0.29, 0.717) is 11.6 Å². The van der Waals surface area contributed by atoms with Crippen LogP contribution in [-0.4, -0.2) is 28.0 Å². The van der Waals surface area contributed by atoms with Crippen LogP contribution in [0.3, 0.4) is 0 Å². The Kier molecular flexibility index (Phi) is 3.65. The predicted molar refractivity (Wildman–Crippen MR) is 63.1 cm³/mol. The van der Waals surface area contributed by atoms with Gasteiger partial charge in [0.2, 0.25) is 5.91 Å². The van der Waals surface area contributed by atoms with Crippen LogP contribution < -0.4 is 16.4 Å². The first kappa shape index (κ1) is 12.2. The molecule has 6 heteroatoms. The van der Waals surface area contributed by atoms with Crippen molar-refractivity contribution < 1.29 is 4.79 Å². The van der Waals surface area contributed by atoms with Crippen LogP contribution in [0.1, 0.15) is 20.8 Å². The molecule has 1 aromatic rings. The van der Waals surface area contributed by atoms with Gasteiger partial charge in [0.05, 0.1) is 12.4 Å². The fourth-order valence-corrected chi connectivity index (χ4v) is 1.07. The van der Waals surface area contributed by atoms with Crippen LogP contribution in [0, 0.1) is 0 Å². The molecule has 0 fully saturated rings. The molecule has 0 unspecified atom stereocenters. The molecule has 0 bridgehead atoms. The number of rotatable bonds is 5. The number of carbonyl (C=O) groups excluding carboxylic acids is 1. The lowest BCUT2D eigenvalue weighted by Crippen LogP contribution is -2.45. The standard InChI is InChI=1S/C10H17N5O/c1-4-13-7-5-12-6-8(14-7)15-10(2,3)9(11)16/h5-6H,4H2,1-3H3,(H2,11,16)(H2,13,14,15). The van der Waals surface area contributed by atoms with Crippen LogP contribution in [0.4, 0.5) is 11.6 Å². The van der Waals surface area contributed by atoms with Gasteiger partial charge < -0.3 is 16.4 Å². The van der Waals surface area contributed by atoms with Crippen molar-refractivity contribution in [2.45, 2.75) is 26.3 Å². The third kappa shape index (κ3) is 3.08. The maximum Gasteiger partial charge on any atom is 0.242 e.